The molecule has 0 saturated heterocycles. The zero-order valence-corrected chi connectivity index (χ0v) is 19.5. The Kier molecular flexibility index (Phi) is 5.93. The molecule has 4 aromatic rings. The molecular weight excluding hydrogens is 481 g/mol. The summed E-state index contributed by atoms with van der Waals surface area (Å²) < 4.78 is 16.7. The number of nitrogens with zero attached hydrogens (tertiary/aromatic N) is 1. The monoisotopic (exact) mass is 499 g/mol. The fraction of sp³-hybridized carbons (Fsp3) is 0.208. The van der Waals surface area contributed by atoms with Crippen LogP contribution in [0.15, 0.2) is 47.1 Å². The summed E-state index contributed by atoms with van der Waals surface area (Å²) in [5, 5.41) is 7.02. The molecule has 0 radical (unpaired) electrons. The molecule has 5 rings (SSSR count). The van der Waals surface area contributed by atoms with E-state index in [4.69, 9.17) is 37.1 Å². The van der Waals surface area contributed by atoms with Crippen molar-refractivity contribution in [2.24, 2.45) is 5.92 Å². The van der Waals surface area contributed by atoms with Crippen LogP contribution in [0.2, 0.25) is 10.0 Å². The van der Waals surface area contributed by atoms with Crippen LogP contribution in [0.3, 0.4) is 0 Å². The van der Waals surface area contributed by atoms with Gasteiger partial charge in [-0.1, -0.05) is 23.2 Å². The van der Waals surface area contributed by atoms with E-state index in [-0.39, 0.29) is 15.7 Å². The molecule has 2 aromatic carbocycles. The van der Waals surface area contributed by atoms with Crippen LogP contribution in [0.4, 0.5) is 16.2 Å². The number of hydrogen-bond donors (Lipinski definition) is 2. The number of benzene rings is 2. The molecule has 34 heavy (non-hydrogen) atoms. The zero-order valence-electron chi connectivity index (χ0n) is 18.0. The number of halogens is 2. The highest BCUT2D eigenvalue weighted by molar-refractivity contribution is 6.40. The van der Waals surface area contributed by atoms with E-state index in [2.05, 4.69) is 15.6 Å². The molecule has 0 spiro atoms. The standard InChI is InChI=1S/C24H19Cl2N3O5/c1-32-19-7-5-14(23(30)29-21-16(25)9-27-10-17(21)26)20-15-8-13(4-6-18(15)34-22(19)20)28-24(31)33-11-12-2-3-12/h4-10,12H,2-3,11H2,1H3,(H,28,31)(H,27,29,30). The van der Waals surface area contributed by atoms with E-state index in [1.54, 1.807) is 30.3 Å². The van der Waals surface area contributed by atoms with E-state index >= 15 is 0 Å². The molecule has 0 unspecified atom stereocenters. The van der Waals surface area contributed by atoms with Crippen molar-refractivity contribution in [1.82, 2.24) is 4.98 Å². The number of ether oxygens (including phenoxy) is 2. The molecule has 1 fully saturated rings. The number of pyridine rings is 1. The Morgan fingerprint density at radius 1 is 1.12 bits per heavy atom. The van der Waals surface area contributed by atoms with E-state index in [1.807, 2.05) is 0 Å². The van der Waals surface area contributed by atoms with Crippen molar-refractivity contribution < 1.29 is 23.5 Å². The largest absolute Gasteiger partial charge is 0.493 e. The van der Waals surface area contributed by atoms with E-state index in [1.165, 1.54) is 19.5 Å². The fourth-order valence-electron chi connectivity index (χ4n) is 3.63. The molecule has 174 valence electrons. The van der Waals surface area contributed by atoms with Gasteiger partial charge in [-0.3, -0.25) is 15.1 Å². The first kappa shape index (κ1) is 22.3. The number of anilines is 2. The highest BCUT2D eigenvalue weighted by atomic mass is 35.5. The number of fused-ring (bicyclic) bond motifs is 3. The molecule has 1 aliphatic rings. The summed E-state index contributed by atoms with van der Waals surface area (Å²) in [7, 11) is 1.51. The summed E-state index contributed by atoms with van der Waals surface area (Å²) in [5.74, 6) is 0.468. The second-order valence-corrected chi connectivity index (χ2v) is 8.75. The molecule has 10 heteroatoms. The molecule has 1 saturated carbocycles. The third-order valence-electron chi connectivity index (χ3n) is 5.53. The molecule has 2 heterocycles. The Labute approximate surface area is 204 Å². The average Bonchev–Trinajstić information content (AvgIpc) is 3.58. The van der Waals surface area contributed by atoms with Gasteiger partial charge in [0.25, 0.3) is 5.91 Å². The molecule has 2 N–H and O–H groups in total. The lowest BCUT2D eigenvalue weighted by atomic mass is 10.0. The van der Waals surface area contributed by atoms with Crippen molar-refractivity contribution in [2.45, 2.75) is 12.8 Å². The third kappa shape index (κ3) is 4.34. The van der Waals surface area contributed by atoms with Gasteiger partial charge in [0.15, 0.2) is 11.3 Å². The van der Waals surface area contributed by atoms with Crippen molar-refractivity contribution in [3.63, 3.8) is 0 Å². The quantitative estimate of drug-likeness (QED) is 0.313. The van der Waals surface area contributed by atoms with Gasteiger partial charge < -0.3 is 19.2 Å². The Morgan fingerprint density at radius 2 is 1.88 bits per heavy atom. The Morgan fingerprint density at radius 3 is 2.59 bits per heavy atom. The van der Waals surface area contributed by atoms with Gasteiger partial charge in [0.2, 0.25) is 0 Å². The Balaban J connectivity index is 1.54. The summed E-state index contributed by atoms with van der Waals surface area (Å²) in [6.07, 6.45) is 4.42. The number of furan rings is 1. The van der Waals surface area contributed by atoms with E-state index in [0.717, 1.165) is 12.8 Å². The molecule has 0 aliphatic heterocycles. The van der Waals surface area contributed by atoms with Crippen LogP contribution in [0.5, 0.6) is 5.75 Å². The summed E-state index contributed by atoms with van der Waals surface area (Å²) in [5.41, 5.74) is 1.98. The molecule has 1 aliphatic carbocycles. The molecule has 0 atom stereocenters. The number of aromatic nitrogens is 1. The Bertz CT molecular complexity index is 1410. The number of amides is 2. The van der Waals surface area contributed by atoms with Crippen LogP contribution in [0.1, 0.15) is 23.2 Å². The molecule has 2 aromatic heterocycles. The lowest BCUT2D eigenvalue weighted by Gasteiger charge is -2.10. The summed E-state index contributed by atoms with van der Waals surface area (Å²) >= 11 is 12.3. The minimum atomic E-state index is -0.531. The number of hydrogen-bond acceptors (Lipinski definition) is 6. The van der Waals surface area contributed by atoms with Crippen LogP contribution < -0.4 is 15.4 Å². The number of nitrogens with one attached hydrogen (secondary N) is 2. The maximum atomic E-state index is 13.3. The van der Waals surface area contributed by atoms with Gasteiger partial charge >= 0.3 is 6.09 Å². The number of carbonyl (C=O) groups is 2. The third-order valence-corrected chi connectivity index (χ3v) is 6.11. The number of methoxy groups -OCH3 is 1. The minimum Gasteiger partial charge on any atom is -0.493 e. The molecule has 8 nitrogen and oxygen atoms in total. The van der Waals surface area contributed by atoms with Crippen molar-refractivity contribution in [1.29, 1.82) is 0 Å². The van der Waals surface area contributed by atoms with Gasteiger partial charge in [-0.05, 0) is 49.1 Å². The number of carbonyl (C=O) groups excluding carboxylic acids is 2. The van der Waals surface area contributed by atoms with E-state index < -0.39 is 12.0 Å². The van der Waals surface area contributed by atoms with Gasteiger partial charge in [-0.2, -0.15) is 0 Å². The highest BCUT2D eigenvalue weighted by Gasteiger charge is 2.24. The van der Waals surface area contributed by atoms with Gasteiger partial charge in [0, 0.05) is 28.9 Å². The van der Waals surface area contributed by atoms with Gasteiger partial charge in [-0.25, -0.2) is 4.79 Å². The van der Waals surface area contributed by atoms with Crippen LogP contribution in [-0.2, 0) is 4.74 Å². The normalized spacial score (nSPS) is 13.1. The zero-order chi connectivity index (χ0) is 23.8. The topological polar surface area (TPSA) is 103 Å². The number of rotatable bonds is 6. The maximum absolute atomic E-state index is 13.3. The van der Waals surface area contributed by atoms with Gasteiger partial charge in [0.05, 0.1) is 35.0 Å². The SMILES string of the molecule is COc1ccc(C(=O)Nc2c(Cl)cncc2Cl)c2c1oc1ccc(NC(=O)OCC3CC3)cc12. The first-order valence-electron chi connectivity index (χ1n) is 10.5. The summed E-state index contributed by atoms with van der Waals surface area (Å²) in [6.45, 7) is 0.407. The predicted octanol–water partition coefficient (Wildman–Crippen LogP) is 6.51. The smallest absolute Gasteiger partial charge is 0.411 e. The summed E-state index contributed by atoms with van der Waals surface area (Å²) in [4.78, 5) is 29.3. The van der Waals surface area contributed by atoms with Crippen molar-refractivity contribution in [2.75, 3.05) is 24.4 Å². The predicted molar refractivity (Wildman–Crippen MR) is 130 cm³/mol. The summed E-state index contributed by atoms with van der Waals surface area (Å²) in [6, 6.07) is 8.40. The average molecular weight is 500 g/mol. The second kappa shape index (κ2) is 9.04. The lowest BCUT2D eigenvalue weighted by molar-refractivity contribution is 0.102. The Hall–Kier alpha value is -3.49. The van der Waals surface area contributed by atoms with Crippen molar-refractivity contribution in [3.8, 4) is 5.75 Å². The van der Waals surface area contributed by atoms with E-state index in [0.29, 0.717) is 51.5 Å². The van der Waals surface area contributed by atoms with Crippen LogP contribution in [0.25, 0.3) is 21.9 Å². The minimum absolute atomic E-state index is 0.207. The van der Waals surface area contributed by atoms with Crippen LogP contribution in [-0.4, -0.2) is 30.7 Å². The van der Waals surface area contributed by atoms with Gasteiger partial charge in [0.1, 0.15) is 5.58 Å². The van der Waals surface area contributed by atoms with Crippen molar-refractivity contribution >= 4 is 68.5 Å². The molecule has 0 bridgehead atoms. The molecular formula is C24H19Cl2N3O5. The molecule has 2 amide bonds. The lowest BCUT2D eigenvalue weighted by Crippen LogP contribution is -2.15. The second-order valence-electron chi connectivity index (χ2n) is 7.93. The highest BCUT2D eigenvalue weighted by Crippen LogP contribution is 2.39. The van der Waals surface area contributed by atoms with Gasteiger partial charge in [-0.15, -0.1) is 0 Å². The first-order chi connectivity index (χ1) is 16.4. The van der Waals surface area contributed by atoms with E-state index in [9.17, 15) is 9.59 Å². The van der Waals surface area contributed by atoms with Crippen LogP contribution >= 0.6 is 23.2 Å². The first-order valence-corrected chi connectivity index (χ1v) is 11.3. The fourth-order valence-corrected chi connectivity index (χ4v) is 4.09. The maximum Gasteiger partial charge on any atom is 0.411 e. The van der Waals surface area contributed by atoms with Crippen LogP contribution in [0, 0.1) is 5.92 Å². The van der Waals surface area contributed by atoms with Crippen molar-refractivity contribution in [3.05, 3.63) is 58.3 Å².